The van der Waals surface area contributed by atoms with Crippen LogP contribution in [-0.4, -0.2) is 14.6 Å². The molecule has 4 nitrogen and oxygen atoms in total. The lowest BCUT2D eigenvalue weighted by molar-refractivity contribution is 0.882. The summed E-state index contributed by atoms with van der Waals surface area (Å²) < 4.78 is 2.48. The van der Waals surface area contributed by atoms with Gasteiger partial charge in [0.05, 0.1) is 5.69 Å². The molecular formula is C19H14BrN3O. The number of halogens is 1. The fraction of sp³-hybridized carbons (Fsp3) is 0.0526. The average molecular weight is 380 g/mol. The van der Waals surface area contributed by atoms with Crippen LogP contribution in [0, 0.1) is 6.92 Å². The van der Waals surface area contributed by atoms with E-state index in [4.69, 9.17) is 4.98 Å². The zero-order chi connectivity index (χ0) is 16.7. The summed E-state index contributed by atoms with van der Waals surface area (Å²) in [5, 5.41) is 3.12. The van der Waals surface area contributed by atoms with Gasteiger partial charge in [-0.3, -0.25) is 9.89 Å². The number of fused-ring (bicyclic) bond motifs is 1. The maximum atomic E-state index is 12.5. The Bertz CT molecular complexity index is 1100. The van der Waals surface area contributed by atoms with Crippen molar-refractivity contribution in [1.82, 2.24) is 14.6 Å². The van der Waals surface area contributed by atoms with Crippen LogP contribution in [-0.2, 0) is 0 Å². The van der Waals surface area contributed by atoms with Gasteiger partial charge in [0.15, 0.2) is 5.65 Å². The molecule has 0 spiro atoms. The molecule has 0 fully saturated rings. The lowest BCUT2D eigenvalue weighted by Gasteiger charge is -2.04. The van der Waals surface area contributed by atoms with Crippen molar-refractivity contribution < 1.29 is 0 Å². The molecule has 24 heavy (non-hydrogen) atoms. The average Bonchev–Trinajstić information content (AvgIpc) is 2.92. The molecule has 0 saturated carbocycles. The minimum absolute atomic E-state index is 0.122. The molecule has 2 aromatic heterocycles. The lowest BCUT2D eigenvalue weighted by atomic mass is 10.1. The summed E-state index contributed by atoms with van der Waals surface area (Å²) in [6.07, 6.45) is 0. The summed E-state index contributed by atoms with van der Waals surface area (Å²) in [5.74, 6) is 0. The van der Waals surface area contributed by atoms with Crippen LogP contribution in [0.2, 0.25) is 0 Å². The largest absolute Gasteiger partial charge is 0.293 e. The van der Waals surface area contributed by atoms with E-state index in [-0.39, 0.29) is 5.56 Å². The molecule has 5 heteroatoms. The predicted octanol–water partition coefficient (Wildman–Crippen LogP) is 4.43. The number of benzene rings is 2. The Hall–Kier alpha value is -2.66. The number of hydrogen-bond acceptors (Lipinski definition) is 2. The topological polar surface area (TPSA) is 50.2 Å². The summed E-state index contributed by atoms with van der Waals surface area (Å²) in [6.45, 7) is 1.95. The van der Waals surface area contributed by atoms with Crippen molar-refractivity contribution in [2.45, 2.75) is 6.92 Å². The molecule has 0 atom stereocenters. The second-order valence-corrected chi connectivity index (χ2v) is 6.54. The number of aromatic amines is 1. The van der Waals surface area contributed by atoms with Crippen molar-refractivity contribution in [3.8, 4) is 22.4 Å². The number of nitrogens with one attached hydrogen (secondary N) is 1. The van der Waals surface area contributed by atoms with Crippen LogP contribution in [0.15, 0.2) is 69.9 Å². The van der Waals surface area contributed by atoms with Gasteiger partial charge in [-0.15, -0.1) is 0 Å². The Balaban J connectivity index is 2.03. The highest BCUT2D eigenvalue weighted by Gasteiger charge is 2.15. The molecule has 1 N–H and O–H groups in total. The van der Waals surface area contributed by atoms with Crippen molar-refractivity contribution in [3.63, 3.8) is 0 Å². The van der Waals surface area contributed by atoms with E-state index in [1.54, 1.807) is 6.07 Å². The van der Waals surface area contributed by atoms with E-state index in [1.807, 2.05) is 61.5 Å². The van der Waals surface area contributed by atoms with Crippen LogP contribution in [0.4, 0.5) is 0 Å². The first kappa shape index (κ1) is 14.9. The third-order valence-corrected chi connectivity index (χ3v) is 4.47. The number of aromatic nitrogens is 3. The minimum atomic E-state index is -0.122. The molecule has 0 aliphatic rings. The first-order valence-electron chi connectivity index (χ1n) is 7.57. The first-order valence-corrected chi connectivity index (χ1v) is 8.36. The molecule has 2 aromatic carbocycles. The number of H-pyrrole nitrogens is 1. The standard InChI is InChI=1S/C19H14BrN3O/c1-12-18(14-8-5-9-15(20)10-14)19-21-16(11-17(24)23(19)22-12)13-6-3-2-4-7-13/h2-11,22H,1H3. The van der Waals surface area contributed by atoms with Crippen LogP contribution in [0.3, 0.4) is 0 Å². The van der Waals surface area contributed by atoms with Crippen molar-refractivity contribution in [1.29, 1.82) is 0 Å². The van der Waals surface area contributed by atoms with Gasteiger partial charge in [-0.1, -0.05) is 58.4 Å². The fourth-order valence-electron chi connectivity index (χ4n) is 2.90. The highest BCUT2D eigenvalue weighted by atomic mass is 79.9. The second kappa shape index (κ2) is 5.76. The third kappa shape index (κ3) is 2.47. The molecule has 4 rings (SSSR count). The monoisotopic (exact) mass is 379 g/mol. The molecule has 4 aromatic rings. The van der Waals surface area contributed by atoms with Crippen LogP contribution >= 0.6 is 15.9 Å². The molecule has 2 heterocycles. The molecule has 0 aliphatic heterocycles. The zero-order valence-electron chi connectivity index (χ0n) is 13.0. The number of aryl methyl sites for hydroxylation is 1. The van der Waals surface area contributed by atoms with E-state index in [0.717, 1.165) is 26.9 Å². The smallest absolute Gasteiger partial charge is 0.273 e. The summed E-state index contributed by atoms with van der Waals surface area (Å²) in [7, 11) is 0. The van der Waals surface area contributed by atoms with Gasteiger partial charge in [0.25, 0.3) is 5.56 Å². The Morgan fingerprint density at radius 1 is 1.00 bits per heavy atom. The van der Waals surface area contributed by atoms with Gasteiger partial charge in [-0.05, 0) is 24.6 Å². The molecule has 0 unspecified atom stereocenters. The highest BCUT2D eigenvalue weighted by molar-refractivity contribution is 9.10. The van der Waals surface area contributed by atoms with E-state index in [1.165, 1.54) is 4.52 Å². The second-order valence-electron chi connectivity index (χ2n) is 5.63. The van der Waals surface area contributed by atoms with Crippen molar-refractivity contribution in [2.75, 3.05) is 0 Å². The van der Waals surface area contributed by atoms with E-state index in [2.05, 4.69) is 21.0 Å². The SMILES string of the molecule is Cc1[nH]n2c(=O)cc(-c3ccccc3)nc2c1-c1cccc(Br)c1. The highest BCUT2D eigenvalue weighted by Crippen LogP contribution is 2.29. The van der Waals surface area contributed by atoms with Crippen molar-refractivity contribution in [3.05, 3.63) is 81.2 Å². The molecule has 0 bridgehead atoms. The number of nitrogens with zero attached hydrogens (tertiary/aromatic N) is 2. The van der Waals surface area contributed by atoms with E-state index in [9.17, 15) is 4.79 Å². The molecule has 0 aliphatic carbocycles. The quantitative estimate of drug-likeness (QED) is 0.560. The van der Waals surface area contributed by atoms with E-state index in [0.29, 0.717) is 11.3 Å². The summed E-state index contributed by atoms with van der Waals surface area (Å²) in [6, 6.07) is 19.3. The summed E-state index contributed by atoms with van der Waals surface area (Å²) in [4.78, 5) is 17.3. The first-order chi connectivity index (χ1) is 11.6. The van der Waals surface area contributed by atoms with Crippen molar-refractivity contribution in [2.24, 2.45) is 0 Å². The molecule has 118 valence electrons. The Morgan fingerprint density at radius 3 is 2.50 bits per heavy atom. The van der Waals surface area contributed by atoms with Crippen LogP contribution in [0.5, 0.6) is 0 Å². The molecule has 0 amide bonds. The van der Waals surface area contributed by atoms with Crippen molar-refractivity contribution >= 4 is 21.6 Å². The van der Waals surface area contributed by atoms with Crippen LogP contribution in [0.1, 0.15) is 5.69 Å². The van der Waals surface area contributed by atoms with Crippen LogP contribution < -0.4 is 5.56 Å². The Labute approximate surface area is 146 Å². The van der Waals surface area contributed by atoms with E-state index >= 15 is 0 Å². The van der Waals surface area contributed by atoms with E-state index < -0.39 is 0 Å². The zero-order valence-corrected chi connectivity index (χ0v) is 14.5. The van der Waals surface area contributed by atoms with Gasteiger partial charge in [0.2, 0.25) is 0 Å². The van der Waals surface area contributed by atoms with Gasteiger partial charge in [0.1, 0.15) is 0 Å². The Kier molecular flexibility index (Phi) is 3.58. The predicted molar refractivity (Wildman–Crippen MR) is 99.1 cm³/mol. The summed E-state index contributed by atoms with van der Waals surface area (Å²) >= 11 is 3.50. The molecular weight excluding hydrogens is 366 g/mol. The molecule has 0 radical (unpaired) electrons. The van der Waals surface area contributed by atoms with Gasteiger partial charge in [-0.2, -0.15) is 0 Å². The maximum Gasteiger partial charge on any atom is 0.273 e. The Morgan fingerprint density at radius 2 is 1.75 bits per heavy atom. The van der Waals surface area contributed by atoms with Crippen LogP contribution in [0.25, 0.3) is 28.0 Å². The van der Waals surface area contributed by atoms with Gasteiger partial charge >= 0.3 is 0 Å². The normalized spacial score (nSPS) is 11.1. The maximum absolute atomic E-state index is 12.5. The van der Waals surface area contributed by atoms with Gasteiger partial charge < -0.3 is 0 Å². The fourth-order valence-corrected chi connectivity index (χ4v) is 3.29. The van der Waals surface area contributed by atoms with Gasteiger partial charge in [0, 0.05) is 27.4 Å². The van der Waals surface area contributed by atoms with Gasteiger partial charge in [-0.25, -0.2) is 9.50 Å². The minimum Gasteiger partial charge on any atom is -0.293 e. The third-order valence-electron chi connectivity index (χ3n) is 3.98. The summed E-state index contributed by atoms with van der Waals surface area (Å²) in [5.41, 5.74) is 4.97. The number of hydrogen-bond donors (Lipinski definition) is 1. The molecule has 0 saturated heterocycles. The lowest BCUT2D eigenvalue weighted by Crippen LogP contribution is -2.14. The number of rotatable bonds is 2.